The van der Waals surface area contributed by atoms with Crippen molar-refractivity contribution < 1.29 is 0 Å². The van der Waals surface area contributed by atoms with Gasteiger partial charge in [-0.25, -0.2) is 0 Å². The van der Waals surface area contributed by atoms with Crippen molar-refractivity contribution in [3.63, 3.8) is 0 Å². The van der Waals surface area contributed by atoms with E-state index >= 15 is 0 Å². The first-order valence-electron chi connectivity index (χ1n) is 7.15. The van der Waals surface area contributed by atoms with Crippen molar-refractivity contribution in [2.75, 3.05) is 19.6 Å². The SMILES string of the molecule is CCc1ccc(C(C)(C)CNC2CCNC2)cc1. The largest absolute Gasteiger partial charge is 0.315 e. The van der Waals surface area contributed by atoms with Gasteiger partial charge in [-0.1, -0.05) is 45.0 Å². The molecule has 2 heteroatoms. The number of benzene rings is 1. The van der Waals surface area contributed by atoms with E-state index < -0.39 is 0 Å². The summed E-state index contributed by atoms with van der Waals surface area (Å²) in [6.07, 6.45) is 2.37. The van der Waals surface area contributed by atoms with Crippen molar-refractivity contribution in [1.29, 1.82) is 0 Å². The van der Waals surface area contributed by atoms with Crippen LogP contribution < -0.4 is 10.6 Å². The number of nitrogens with one attached hydrogen (secondary N) is 2. The van der Waals surface area contributed by atoms with Gasteiger partial charge in [0.25, 0.3) is 0 Å². The molecule has 1 aliphatic heterocycles. The first kappa shape index (κ1) is 13.6. The van der Waals surface area contributed by atoms with Gasteiger partial charge in [-0.15, -0.1) is 0 Å². The number of rotatable bonds is 5. The lowest BCUT2D eigenvalue weighted by Gasteiger charge is -2.27. The Morgan fingerprint density at radius 1 is 1.28 bits per heavy atom. The molecule has 2 rings (SSSR count). The fraction of sp³-hybridized carbons (Fsp3) is 0.625. The van der Waals surface area contributed by atoms with E-state index in [4.69, 9.17) is 0 Å². The lowest BCUT2D eigenvalue weighted by molar-refractivity contribution is 0.428. The molecule has 1 unspecified atom stereocenters. The maximum absolute atomic E-state index is 3.69. The van der Waals surface area contributed by atoms with Crippen molar-refractivity contribution in [2.24, 2.45) is 0 Å². The van der Waals surface area contributed by atoms with Crippen molar-refractivity contribution in [1.82, 2.24) is 10.6 Å². The van der Waals surface area contributed by atoms with Crippen LogP contribution in [0, 0.1) is 0 Å². The van der Waals surface area contributed by atoms with Gasteiger partial charge in [-0.2, -0.15) is 0 Å². The Morgan fingerprint density at radius 3 is 2.56 bits per heavy atom. The molecule has 18 heavy (non-hydrogen) atoms. The van der Waals surface area contributed by atoms with Gasteiger partial charge in [-0.3, -0.25) is 0 Å². The molecule has 0 aromatic heterocycles. The highest BCUT2D eigenvalue weighted by molar-refractivity contribution is 5.28. The summed E-state index contributed by atoms with van der Waals surface area (Å²) in [5.41, 5.74) is 3.05. The van der Waals surface area contributed by atoms with Crippen LogP contribution >= 0.6 is 0 Å². The maximum atomic E-state index is 3.69. The normalized spacial score (nSPS) is 20.3. The van der Waals surface area contributed by atoms with Crippen molar-refractivity contribution in [3.8, 4) is 0 Å². The molecule has 0 aliphatic carbocycles. The third-order valence-electron chi connectivity index (χ3n) is 4.04. The second-order valence-electron chi connectivity index (χ2n) is 6.00. The molecule has 0 bridgehead atoms. The highest BCUT2D eigenvalue weighted by Gasteiger charge is 2.23. The highest BCUT2D eigenvalue weighted by atomic mass is 15.0. The number of hydrogen-bond donors (Lipinski definition) is 2. The number of aryl methyl sites for hydroxylation is 1. The van der Waals surface area contributed by atoms with Gasteiger partial charge in [0.15, 0.2) is 0 Å². The molecule has 1 aliphatic rings. The van der Waals surface area contributed by atoms with E-state index in [2.05, 4.69) is 55.7 Å². The molecule has 100 valence electrons. The van der Waals surface area contributed by atoms with E-state index in [0.29, 0.717) is 6.04 Å². The highest BCUT2D eigenvalue weighted by Crippen LogP contribution is 2.23. The summed E-state index contributed by atoms with van der Waals surface area (Å²) in [5.74, 6) is 0. The van der Waals surface area contributed by atoms with E-state index in [1.54, 1.807) is 0 Å². The van der Waals surface area contributed by atoms with Gasteiger partial charge in [-0.05, 0) is 30.5 Å². The maximum Gasteiger partial charge on any atom is 0.0204 e. The zero-order valence-electron chi connectivity index (χ0n) is 11.9. The Hall–Kier alpha value is -0.860. The van der Waals surface area contributed by atoms with Crippen LogP contribution in [-0.4, -0.2) is 25.7 Å². The minimum absolute atomic E-state index is 0.203. The number of hydrogen-bond acceptors (Lipinski definition) is 2. The average molecular weight is 246 g/mol. The third kappa shape index (κ3) is 3.33. The van der Waals surface area contributed by atoms with E-state index in [1.807, 2.05) is 0 Å². The predicted octanol–water partition coefficient (Wildman–Crippen LogP) is 2.48. The first-order chi connectivity index (χ1) is 8.62. The molecule has 0 amide bonds. The zero-order valence-corrected chi connectivity index (χ0v) is 11.9. The Bertz CT molecular complexity index is 361. The van der Waals surface area contributed by atoms with E-state index in [1.165, 1.54) is 17.5 Å². The van der Waals surface area contributed by atoms with Crippen molar-refractivity contribution in [2.45, 2.75) is 45.1 Å². The van der Waals surface area contributed by atoms with Gasteiger partial charge in [0.1, 0.15) is 0 Å². The van der Waals surface area contributed by atoms with E-state index in [9.17, 15) is 0 Å². The Morgan fingerprint density at radius 2 is 2.00 bits per heavy atom. The van der Waals surface area contributed by atoms with Crippen LogP contribution in [0.1, 0.15) is 38.3 Å². The van der Waals surface area contributed by atoms with Gasteiger partial charge in [0, 0.05) is 24.5 Å². The summed E-state index contributed by atoms with van der Waals surface area (Å²) in [7, 11) is 0. The second-order valence-corrected chi connectivity index (χ2v) is 6.00. The van der Waals surface area contributed by atoms with Gasteiger partial charge >= 0.3 is 0 Å². The van der Waals surface area contributed by atoms with Crippen molar-refractivity contribution >= 4 is 0 Å². The van der Waals surface area contributed by atoms with Crippen LogP contribution in [0.4, 0.5) is 0 Å². The Balaban J connectivity index is 1.95. The molecular formula is C16H26N2. The van der Waals surface area contributed by atoms with Gasteiger partial charge in [0.05, 0.1) is 0 Å². The van der Waals surface area contributed by atoms with Crippen LogP contribution in [-0.2, 0) is 11.8 Å². The third-order valence-corrected chi connectivity index (χ3v) is 4.04. The Labute approximate surface area is 111 Å². The molecule has 0 radical (unpaired) electrons. The fourth-order valence-corrected chi connectivity index (χ4v) is 2.52. The predicted molar refractivity (Wildman–Crippen MR) is 78.1 cm³/mol. The summed E-state index contributed by atoms with van der Waals surface area (Å²) in [6.45, 7) is 10.2. The molecule has 1 atom stereocenters. The average Bonchev–Trinajstić information content (AvgIpc) is 2.90. The molecule has 1 heterocycles. The quantitative estimate of drug-likeness (QED) is 0.834. The van der Waals surface area contributed by atoms with Crippen molar-refractivity contribution in [3.05, 3.63) is 35.4 Å². The minimum atomic E-state index is 0.203. The molecule has 1 fully saturated rings. The molecule has 2 nitrogen and oxygen atoms in total. The molecular weight excluding hydrogens is 220 g/mol. The zero-order chi connectivity index (χ0) is 13.0. The standard InChI is InChI=1S/C16H26N2/c1-4-13-5-7-14(8-6-13)16(2,3)12-18-15-9-10-17-11-15/h5-8,15,17-18H,4,9-12H2,1-3H3. The molecule has 2 N–H and O–H groups in total. The fourth-order valence-electron chi connectivity index (χ4n) is 2.52. The van der Waals surface area contributed by atoms with Crippen LogP contribution in [0.15, 0.2) is 24.3 Å². The van der Waals surface area contributed by atoms with Crippen LogP contribution in [0.3, 0.4) is 0 Å². The smallest absolute Gasteiger partial charge is 0.0204 e. The summed E-state index contributed by atoms with van der Waals surface area (Å²) < 4.78 is 0. The van der Waals surface area contributed by atoms with E-state index in [0.717, 1.165) is 26.1 Å². The summed E-state index contributed by atoms with van der Waals surface area (Å²) in [6, 6.07) is 9.74. The molecule has 0 spiro atoms. The molecule has 0 saturated carbocycles. The van der Waals surface area contributed by atoms with Gasteiger partial charge in [0.2, 0.25) is 0 Å². The minimum Gasteiger partial charge on any atom is -0.315 e. The molecule has 1 saturated heterocycles. The lowest BCUT2D eigenvalue weighted by Crippen LogP contribution is -2.40. The Kier molecular flexibility index (Phi) is 4.41. The van der Waals surface area contributed by atoms with Gasteiger partial charge < -0.3 is 10.6 Å². The van der Waals surface area contributed by atoms with E-state index in [-0.39, 0.29) is 5.41 Å². The topological polar surface area (TPSA) is 24.1 Å². The second kappa shape index (κ2) is 5.85. The molecule has 1 aromatic rings. The monoisotopic (exact) mass is 246 g/mol. The summed E-state index contributed by atoms with van der Waals surface area (Å²) in [5, 5.41) is 7.09. The van der Waals surface area contributed by atoms with Crippen LogP contribution in [0.5, 0.6) is 0 Å². The van der Waals surface area contributed by atoms with Crippen LogP contribution in [0.25, 0.3) is 0 Å². The van der Waals surface area contributed by atoms with Crippen LogP contribution in [0.2, 0.25) is 0 Å². The lowest BCUT2D eigenvalue weighted by atomic mass is 9.84. The molecule has 1 aromatic carbocycles. The summed E-state index contributed by atoms with van der Waals surface area (Å²) in [4.78, 5) is 0. The summed E-state index contributed by atoms with van der Waals surface area (Å²) >= 11 is 0. The first-order valence-corrected chi connectivity index (χ1v) is 7.15.